The number of ketones is 1. The van der Waals surface area contributed by atoms with Crippen molar-refractivity contribution in [2.45, 2.75) is 83.3 Å². The van der Waals surface area contributed by atoms with Gasteiger partial charge in [0.15, 0.2) is 5.75 Å². The number of ether oxygens (including phenoxy) is 3. The smallest absolute Gasteiger partial charge is 0.312 e. The van der Waals surface area contributed by atoms with Crippen LogP contribution in [0.15, 0.2) is 36.1 Å². The highest BCUT2D eigenvalue weighted by molar-refractivity contribution is 8.19. The van der Waals surface area contributed by atoms with Crippen molar-refractivity contribution in [2.75, 3.05) is 23.9 Å². The number of amides is 1. The lowest BCUT2D eigenvalue weighted by atomic mass is 9.78. The first kappa shape index (κ1) is 39.8. The number of methoxy groups -OCH3 is 1. The zero-order chi connectivity index (χ0) is 38.4. The fourth-order valence-corrected chi connectivity index (χ4v) is 10.1. The number of allylic oxidation sites excluding steroid dienone is 2. The molecular formula is C38H49NO11S2. The van der Waals surface area contributed by atoms with Gasteiger partial charge in [-0.05, 0) is 19.9 Å². The summed E-state index contributed by atoms with van der Waals surface area (Å²) in [5.41, 5.74) is 0.323. The molecule has 284 valence electrons. The van der Waals surface area contributed by atoms with Crippen molar-refractivity contribution in [2.24, 2.45) is 23.7 Å². The van der Waals surface area contributed by atoms with Gasteiger partial charge >= 0.3 is 5.79 Å². The second-order valence-corrected chi connectivity index (χ2v) is 16.8. The third kappa shape index (κ3) is 7.01. The minimum atomic E-state index is -1.97. The zero-order valence-corrected chi connectivity index (χ0v) is 32.2. The van der Waals surface area contributed by atoms with Crippen LogP contribution in [-0.2, 0) is 14.3 Å². The van der Waals surface area contributed by atoms with E-state index in [0.717, 1.165) is 11.5 Å². The fourth-order valence-electron chi connectivity index (χ4n) is 7.11. The first-order valence-electron chi connectivity index (χ1n) is 17.3. The number of phenols is 3. The summed E-state index contributed by atoms with van der Waals surface area (Å²) >= 11 is 2.99. The predicted octanol–water partition coefficient (Wildman–Crippen LogP) is 5.66. The Hall–Kier alpha value is -3.40. The number of hydrogen-bond donors (Lipinski definition) is 7. The number of anilines is 1. The Morgan fingerprint density at radius 3 is 2.12 bits per heavy atom. The van der Waals surface area contributed by atoms with E-state index in [2.05, 4.69) is 5.32 Å². The van der Waals surface area contributed by atoms with Gasteiger partial charge in [0.2, 0.25) is 0 Å². The lowest BCUT2D eigenvalue weighted by Gasteiger charge is -2.36. The van der Waals surface area contributed by atoms with Crippen LogP contribution in [-0.4, -0.2) is 91.1 Å². The van der Waals surface area contributed by atoms with Crippen molar-refractivity contribution in [1.29, 1.82) is 0 Å². The van der Waals surface area contributed by atoms with Gasteiger partial charge in [-0.15, -0.1) is 23.5 Å². The van der Waals surface area contributed by atoms with E-state index in [1.54, 1.807) is 46.8 Å². The molecule has 1 fully saturated rings. The molecule has 0 aromatic heterocycles. The van der Waals surface area contributed by atoms with Crippen molar-refractivity contribution in [3.63, 3.8) is 0 Å². The van der Waals surface area contributed by atoms with Gasteiger partial charge in [-0.1, -0.05) is 45.9 Å². The molecule has 12 nitrogen and oxygen atoms in total. The van der Waals surface area contributed by atoms with Gasteiger partial charge < -0.3 is 50.2 Å². The Labute approximate surface area is 311 Å². The number of fused-ring (bicyclic) bond motifs is 14. The largest absolute Gasteiger partial charge is 0.507 e. The molecule has 14 heteroatoms. The monoisotopic (exact) mass is 759 g/mol. The number of benzene rings is 2. The molecule has 7 N–H and O–H groups in total. The molecule has 5 bridgehead atoms. The number of carbonyl (C=O) groups is 2. The number of aliphatic hydroxyl groups is 3. The van der Waals surface area contributed by atoms with E-state index in [1.165, 1.54) is 62.9 Å². The van der Waals surface area contributed by atoms with E-state index in [1.807, 2.05) is 0 Å². The molecule has 0 radical (unpaired) electrons. The summed E-state index contributed by atoms with van der Waals surface area (Å²) in [6.07, 6.45) is 3.67. The van der Waals surface area contributed by atoms with Gasteiger partial charge in [0.05, 0.1) is 51.9 Å². The normalized spacial score (nSPS) is 32.2. The number of aromatic hydroxyl groups is 3. The van der Waals surface area contributed by atoms with E-state index in [0.29, 0.717) is 0 Å². The van der Waals surface area contributed by atoms with E-state index in [4.69, 9.17) is 14.2 Å². The molecule has 1 amide bonds. The summed E-state index contributed by atoms with van der Waals surface area (Å²) in [5, 5.41) is 71.3. The highest BCUT2D eigenvalue weighted by atomic mass is 32.2. The number of aliphatic hydroxyl groups excluding tert-OH is 3. The van der Waals surface area contributed by atoms with Crippen molar-refractivity contribution >= 4 is 51.7 Å². The summed E-state index contributed by atoms with van der Waals surface area (Å²) in [6.45, 7) is 11.3. The average molecular weight is 760 g/mol. The number of carbonyl (C=O) groups excluding carboxylic acids is 2. The Kier molecular flexibility index (Phi) is 11.9. The van der Waals surface area contributed by atoms with Crippen molar-refractivity contribution in [1.82, 2.24) is 0 Å². The lowest BCUT2D eigenvalue weighted by molar-refractivity contribution is -0.112. The maximum Gasteiger partial charge on any atom is 0.312 e. The van der Waals surface area contributed by atoms with E-state index in [9.17, 15) is 40.2 Å². The number of hydrogen-bond acceptors (Lipinski definition) is 13. The Balaban J connectivity index is 1.70. The van der Waals surface area contributed by atoms with Crippen LogP contribution in [0.2, 0.25) is 0 Å². The molecule has 6 rings (SSSR count). The Morgan fingerprint density at radius 1 is 0.865 bits per heavy atom. The maximum absolute atomic E-state index is 14.2. The minimum absolute atomic E-state index is 0.0356. The van der Waals surface area contributed by atoms with Gasteiger partial charge in [-0.2, -0.15) is 0 Å². The summed E-state index contributed by atoms with van der Waals surface area (Å²) in [5.74, 6) is -5.54. The highest BCUT2D eigenvalue weighted by Crippen LogP contribution is 2.60. The topological polar surface area (TPSA) is 195 Å². The third-order valence-electron chi connectivity index (χ3n) is 10.6. The van der Waals surface area contributed by atoms with Gasteiger partial charge in [0.1, 0.15) is 17.2 Å². The molecule has 0 saturated carbocycles. The van der Waals surface area contributed by atoms with E-state index >= 15 is 0 Å². The number of rotatable bonds is 2. The van der Waals surface area contributed by atoms with Crippen molar-refractivity contribution < 1.29 is 54.4 Å². The van der Waals surface area contributed by atoms with Gasteiger partial charge in [0, 0.05) is 71.3 Å². The summed E-state index contributed by atoms with van der Waals surface area (Å²) < 4.78 is 17.2. The SMILES string of the molecule is CO[C@@H]1C=CO[C@@]2(C)Oc3c(C)c(O)c4c(O)c(c(C5SCCS5)c(O)c4c3C2=O)NC(=O)C(C)=CC=C[C@H](C)[C@H](O)[C@H](C)[C@H](O)[C@H](C)[C@H](O)[C@H]1C. The number of Topliss-reactive ketones (excluding diaryl/α,β-unsaturated/α-hetero) is 1. The molecule has 52 heavy (non-hydrogen) atoms. The third-order valence-corrected chi connectivity index (χ3v) is 13.7. The van der Waals surface area contributed by atoms with Crippen LogP contribution in [0, 0.1) is 30.6 Å². The first-order valence-corrected chi connectivity index (χ1v) is 19.4. The summed E-state index contributed by atoms with van der Waals surface area (Å²) in [6, 6.07) is 0. The summed E-state index contributed by atoms with van der Waals surface area (Å²) in [4.78, 5) is 27.8. The molecule has 2 aromatic rings. The number of nitrogens with one attached hydrogen (secondary N) is 1. The molecule has 4 heterocycles. The fraction of sp³-hybridized carbons (Fsp3) is 0.526. The van der Waals surface area contributed by atoms with E-state index < -0.39 is 87.4 Å². The zero-order valence-electron chi connectivity index (χ0n) is 30.5. The number of phenolic OH excluding ortho intramolecular Hbond substituents is 3. The van der Waals surface area contributed by atoms with E-state index in [-0.39, 0.29) is 44.5 Å². The second-order valence-electron chi connectivity index (χ2n) is 14.1. The predicted molar refractivity (Wildman–Crippen MR) is 202 cm³/mol. The molecule has 4 aliphatic heterocycles. The minimum Gasteiger partial charge on any atom is -0.507 e. The van der Waals surface area contributed by atoms with Crippen LogP contribution < -0.4 is 10.1 Å². The van der Waals surface area contributed by atoms with Crippen LogP contribution in [0.3, 0.4) is 0 Å². The van der Waals surface area contributed by atoms with Crippen LogP contribution in [0.25, 0.3) is 10.8 Å². The molecule has 0 unspecified atom stereocenters. The second kappa shape index (κ2) is 15.5. The first-order chi connectivity index (χ1) is 24.5. The molecule has 0 aliphatic carbocycles. The molecular weight excluding hydrogens is 711 g/mol. The average Bonchev–Trinajstić information content (AvgIpc) is 3.74. The van der Waals surface area contributed by atoms with Crippen molar-refractivity contribution in [3.8, 4) is 23.0 Å². The standard InChI is InChI=1S/C38H49NO11S2/c1-16-10-9-11-17(2)36(47)39-27-26(37-51-14-15-52-37)32(44)23-24(33(27)45)31(43)21(6)34-25(23)35(46)38(7,50-34)49-13-12-22(48-8)18(3)29(41)20(5)30(42)19(4)28(16)40/h9-13,16,18-20,22,28-30,37,40-45H,14-15H2,1-8H3,(H,39,47)/t16-,18-,19-,20+,22+,28-,29+,30-,38-/m0/s1. The Morgan fingerprint density at radius 2 is 1.48 bits per heavy atom. The van der Waals surface area contributed by atoms with Crippen LogP contribution >= 0.6 is 23.5 Å². The van der Waals surface area contributed by atoms with Gasteiger partial charge in [0.25, 0.3) is 11.7 Å². The number of thioether (sulfide) groups is 2. The summed E-state index contributed by atoms with van der Waals surface area (Å²) in [7, 11) is 1.45. The molecule has 4 aliphatic rings. The van der Waals surface area contributed by atoms with Crippen molar-refractivity contribution in [3.05, 3.63) is 52.8 Å². The van der Waals surface area contributed by atoms with Gasteiger partial charge in [-0.3, -0.25) is 9.59 Å². The van der Waals surface area contributed by atoms with Crippen LogP contribution in [0.4, 0.5) is 5.69 Å². The molecule has 1 saturated heterocycles. The molecule has 0 spiro atoms. The van der Waals surface area contributed by atoms with Gasteiger partial charge in [-0.25, -0.2) is 0 Å². The molecule has 2 aromatic carbocycles. The molecule has 9 atom stereocenters. The quantitative estimate of drug-likeness (QED) is 0.147. The maximum atomic E-state index is 14.2. The van der Waals surface area contributed by atoms with Crippen LogP contribution in [0.5, 0.6) is 23.0 Å². The Bertz CT molecular complexity index is 1820. The highest BCUT2D eigenvalue weighted by Gasteiger charge is 2.50. The lowest BCUT2D eigenvalue weighted by Crippen LogP contribution is -2.44. The van der Waals surface area contributed by atoms with Crippen LogP contribution in [0.1, 0.15) is 67.6 Å².